The molecule has 0 aromatic heterocycles. The van der Waals surface area contributed by atoms with Crippen molar-refractivity contribution in [3.8, 4) is 0 Å². The van der Waals surface area contributed by atoms with E-state index in [2.05, 4.69) is 10.1 Å². The minimum absolute atomic E-state index is 0.0370. The maximum atomic E-state index is 12.1. The van der Waals surface area contributed by atoms with Crippen LogP contribution in [0.5, 0.6) is 0 Å². The summed E-state index contributed by atoms with van der Waals surface area (Å²) in [5.41, 5.74) is 2.83. The second-order valence-corrected chi connectivity index (χ2v) is 4.29. The third-order valence-electron chi connectivity index (χ3n) is 3.00. The summed E-state index contributed by atoms with van der Waals surface area (Å²) in [6.07, 6.45) is 0.928. The summed E-state index contributed by atoms with van der Waals surface area (Å²) in [7, 11) is 2.90. The number of ether oxygens (including phenoxy) is 1. The van der Waals surface area contributed by atoms with E-state index in [1.807, 2.05) is 12.1 Å². The van der Waals surface area contributed by atoms with E-state index in [-0.39, 0.29) is 12.5 Å². The molecule has 1 heterocycles. The van der Waals surface area contributed by atoms with Gasteiger partial charge in [0.2, 0.25) is 0 Å². The Hall–Kier alpha value is -2.04. The molecule has 1 aliphatic rings. The Morgan fingerprint density at radius 3 is 2.94 bits per heavy atom. The normalized spacial score (nSPS) is 12.6. The summed E-state index contributed by atoms with van der Waals surface area (Å²) < 4.78 is 4.54. The summed E-state index contributed by atoms with van der Waals surface area (Å²) in [6, 6.07) is 5.56. The number of hydrogen-bond acceptors (Lipinski definition) is 4. The van der Waals surface area contributed by atoms with Gasteiger partial charge in [-0.25, -0.2) is 0 Å². The molecule has 0 atom stereocenters. The van der Waals surface area contributed by atoms with Crippen LogP contribution < -0.4 is 5.32 Å². The van der Waals surface area contributed by atoms with Gasteiger partial charge in [-0.05, 0) is 30.2 Å². The van der Waals surface area contributed by atoms with Crippen LogP contribution in [-0.2, 0) is 16.0 Å². The van der Waals surface area contributed by atoms with E-state index >= 15 is 0 Å². The zero-order valence-electron chi connectivity index (χ0n) is 10.5. The highest BCUT2D eigenvalue weighted by Gasteiger charge is 2.18. The Balaban J connectivity index is 2.11. The number of nitrogens with one attached hydrogen (secondary N) is 1. The van der Waals surface area contributed by atoms with Crippen molar-refractivity contribution in [1.29, 1.82) is 0 Å². The molecule has 1 aromatic carbocycles. The van der Waals surface area contributed by atoms with Gasteiger partial charge >= 0.3 is 5.97 Å². The molecular weight excluding hydrogens is 232 g/mol. The standard InChI is InChI=1S/C13H16N2O3/c1-15(8-12(16)18-2)13(17)10-3-4-11-9(7-10)5-6-14-11/h3-4,7,14H,5-6,8H2,1-2H3. The second kappa shape index (κ2) is 5.08. The zero-order chi connectivity index (χ0) is 13.1. The zero-order valence-corrected chi connectivity index (χ0v) is 10.5. The maximum Gasteiger partial charge on any atom is 0.325 e. The van der Waals surface area contributed by atoms with Crippen molar-refractivity contribution in [2.75, 3.05) is 32.6 Å². The number of methoxy groups -OCH3 is 1. The molecule has 18 heavy (non-hydrogen) atoms. The van der Waals surface area contributed by atoms with Crippen LogP contribution >= 0.6 is 0 Å². The number of benzene rings is 1. The lowest BCUT2D eigenvalue weighted by molar-refractivity contribution is -0.141. The van der Waals surface area contributed by atoms with Crippen molar-refractivity contribution in [3.63, 3.8) is 0 Å². The van der Waals surface area contributed by atoms with Crippen molar-refractivity contribution in [2.45, 2.75) is 6.42 Å². The first-order valence-electron chi connectivity index (χ1n) is 5.81. The van der Waals surface area contributed by atoms with Crippen LogP contribution in [0.2, 0.25) is 0 Å². The Labute approximate surface area is 106 Å². The highest BCUT2D eigenvalue weighted by atomic mass is 16.5. The summed E-state index contributed by atoms with van der Waals surface area (Å²) in [5, 5.41) is 3.24. The number of esters is 1. The Kier molecular flexibility index (Phi) is 3.50. The lowest BCUT2D eigenvalue weighted by Gasteiger charge is -2.16. The van der Waals surface area contributed by atoms with Gasteiger partial charge in [-0.15, -0.1) is 0 Å². The van der Waals surface area contributed by atoms with Crippen molar-refractivity contribution in [2.24, 2.45) is 0 Å². The number of nitrogens with zero attached hydrogens (tertiary/aromatic N) is 1. The van der Waals surface area contributed by atoms with Gasteiger partial charge < -0.3 is 15.0 Å². The van der Waals surface area contributed by atoms with E-state index in [4.69, 9.17) is 0 Å². The van der Waals surface area contributed by atoms with Gasteiger partial charge in [0.25, 0.3) is 5.91 Å². The van der Waals surface area contributed by atoms with Crippen molar-refractivity contribution < 1.29 is 14.3 Å². The molecule has 2 rings (SSSR count). The minimum atomic E-state index is -0.423. The van der Waals surface area contributed by atoms with E-state index in [9.17, 15) is 9.59 Å². The molecule has 5 nitrogen and oxygen atoms in total. The molecule has 0 unspecified atom stereocenters. The molecule has 1 aliphatic heterocycles. The predicted molar refractivity (Wildman–Crippen MR) is 67.6 cm³/mol. The number of carbonyl (C=O) groups excluding carboxylic acids is 2. The van der Waals surface area contributed by atoms with Gasteiger partial charge in [-0.3, -0.25) is 9.59 Å². The number of rotatable bonds is 3. The van der Waals surface area contributed by atoms with Crippen molar-refractivity contribution in [3.05, 3.63) is 29.3 Å². The van der Waals surface area contributed by atoms with Crippen LogP contribution in [-0.4, -0.2) is 44.0 Å². The minimum Gasteiger partial charge on any atom is -0.468 e. The van der Waals surface area contributed by atoms with Gasteiger partial charge in [0, 0.05) is 24.8 Å². The molecule has 0 saturated heterocycles. The molecule has 0 bridgehead atoms. The fourth-order valence-corrected chi connectivity index (χ4v) is 1.99. The lowest BCUT2D eigenvalue weighted by Crippen LogP contribution is -2.32. The van der Waals surface area contributed by atoms with Crippen LogP contribution in [0, 0.1) is 0 Å². The first kappa shape index (κ1) is 12.4. The number of hydrogen-bond donors (Lipinski definition) is 1. The summed E-state index contributed by atoms with van der Waals surface area (Å²) >= 11 is 0. The van der Waals surface area contributed by atoms with E-state index in [0.29, 0.717) is 5.56 Å². The first-order valence-corrected chi connectivity index (χ1v) is 5.81. The van der Waals surface area contributed by atoms with Gasteiger partial charge in [0.15, 0.2) is 0 Å². The molecule has 1 N–H and O–H groups in total. The Morgan fingerprint density at radius 2 is 2.22 bits per heavy atom. The highest BCUT2D eigenvalue weighted by molar-refractivity contribution is 5.96. The SMILES string of the molecule is COC(=O)CN(C)C(=O)c1ccc2c(c1)CCN2. The van der Waals surface area contributed by atoms with Crippen LogP contribution in [0.1, 0.15) is 15.9 Å². The van der Waals surface area contributed by atoms with Crippen LogP contribution in [0.3, 0.4) is 0 Å². The van der Waals surface area contributed by atoms with E-state index in [0.717, 1.165) is 24.2 Å². The van der Waals surface area contributed by atoms with Gasteiger partial charge in [-0.2, -0.15) is 0 Å². The maximum absolute atomic E-state index is 12.1. The molecule has 0 radical (unpaired) electrons. The van der Waals surface area contributed by atoms with Crippen LogP contribution in [0.15, 0.2) is 18.2 Å². The molecule has 96 valence electrons. The third-order valence-corrected chi connectivity index (χ3v) is 3.00. The summed E-state index contributed by atoms with van der Waals surface area (Å²) in [5.74, 6) is -0.594. The molecule has 0 saturated carbocycles. The molecule has 1 aromatic rings. The van der Waals surface area contributed by atoms with Gasteiger partial charge in [0.1, 0.15) is 6.54 Å². The number of amides is 1. The Morgan fingerprint density at radius 1 is 1.44 bits per heavy atom. The highest BCUT2D eigenvalue weighted by Crippen LogP contribution is 2.23. The first-order chi connectivity index (χ1) is 8.61. The van der Waals surface area contributed by atoms with Crippen LogP contribution in [0.25, 0.3) is 0 Å². The monoisotopic (exact) mass is 248 g/mol. The fraction of sp³-hybridized carbons (Fsp3) is 0.385. The molecule has 5 heteroatoms. The van der Waals surface area contributed by atoms with Crippen LogP contribution in [0.4, 0.5) is 5.69 Å². The molecule has 0 aliphatic carbocycles. The third kappa shape index (κ3) is 2.45. The quantitative estimate of drug-likeness (QED) is 0.807. The lowest BCUT2D eigenvalue weighted by atomic mass is 10.1. The van der Waals surface area contributed by atoms with Gasteiger partial charge in [-0.1, -0.05) is 0 Å². The van der Waals surface area contributed by atoms with Crippen molar-refractivity contribution in [1.82, 2.24) is 4.90 Å². The summed E-state index contributed by atoms with van der Waals surface area (Å²) in [4.78, 5) is 24.6. The molecular formula is C13H16N2O3. The molecule has 0 fully saturated rings. The fourth-order valence-electron chi connectivity index (χ4n) is 1.99. The van der Waals surface area contributed by atoms with E-state index in [1.54, 1.807) is 13.1 Å². The number of carbonyl (C=O) groups is 2. The average molecular weight is 248 g/mol. The van der Waals surface area contributed by atoms with E-state index < -0.39 is 5.97 Å². The largest absolute Gasteiger partial charge is 0.468 e. The molecule has 1 amide bonds. The topological polar surface area (TPSA) is 58.6 Å². The Bertz CT molecular complexity index is 485. The van der Waals surface area contributed by atoms with E-state index in [1.165, 1.54) is 12.0 Å². The van der Waals surface area contributed by atoms with Crippen molar-refractivity contribution >= 4 is 17.6 Å². The second-order valence-electron chi connectivity index (χ2n) is 4.29. The summed E-state index contributed by atoms with van der Waals surface area (Å²) in [6.45, 7) is 0.871. The number of fused-ring (bicyclic) bond motifs is 1. The smallest absolute Gasteiger partial charge is 0.325 e. The number of likely N-dealkylation sites (N-methyl/N-ethyl adjacent to an activating group) is 1. The van der Waals surface area contributed by atoms with Gasteiger partial charge in [0.05, 0.1) is 7.11 Å². The molecule has 0 spiro atoms. The number of anilines is 1. The average Bonchev–Trinajstić information content (AvgIpc) is 2.84. The predicted octanol–water partition coefficient (Wildman–Crippen LogP) is 0.900.